The molecule has 5 heteroatoms. The van der Waals surface area contributed by atoms with E-state index >= 15 is 0 Å². The quantitative estimate of drug-likeness (QED) is 0.796. The van der Waals surface area contributed by atoms with Gasteiger partial charge in [0.1, 0.15) is 0 Å². The number of carbonyl (C=O) groups is 2. The Labute approximate surface area is 169 Å². The van der Waals surface area contributed by atoms with Crippen LogP contribution in [-0.2, 0) is 9.59 Å². The van der Waals surface area contributed by atoms with Crippen LogP contribution in [0.1, 0.15) is 24.8 Å². The first-order valence-corrected chi connectivity index (χ1v) is 9.57. The molecule has 29 heavy (non-hydrogen) atoms. The predicted molar refractivity (Wildman–Crippen MR) is 111 cm³/mol. The third-order valence-electron chi connectivity index (χ3n) is 6.24. The van der Waals surface area contributed by atoms with Gasteiger partial charge in [-0.1, -0.05) is 49.1 Å². The molecule has 1 aliphatic carbocycles. The first-order chi connectivity index (χ1) is 13.9. The minimum atomic E-state index is -1.05. The van der Waals surface area contributed by atoms with Gasteiger partial charge in [0.15, 0.2) is 11.5 Å². The average Bonchev–Trinajstić information content (AvgIpc) is 2.94. The SMILES string of the molecule is C=CC1=CCC2C(=O)N(c3ccccc3)C(=O)C2(C)C1c1cccc(OC)c1O. The number of allylic oxidation sites excluding steroid dienone is 3. The maximum atomic E-state index is 13.7. The summed E-state index contributed by atoms with van der Waals surface area (Å²) in [6.07, 6.45) is 4.10. The maximum absolute atomic E-state index is 13.7. The summed E-state index contributed by atoms with van der Waals surface area (Å²) in [5, 5.41) is 10.8. The fourth-order valence-electron chi connectivity index (χ4n) is 4.75. The van der Waals surface area contributed by atoms with Crippen LogP contribution < -0.4 is 9.64 Å². The van der Waals surface area contributed by atoms with Gasteiger partial charge < -0.3 is 9.84 Å². The van der Waals surface area contributed by atoms with Crippen molar-refractivity contribution >= 4 is 17.5 Å². The van der Waals surface area contributed by atoms with E-state index in [1.54, 1.807) is 48.5 Å². The summed E-state index contributed by atoms with van der Waals surface area (Å²) in [6, 6.07) is 14.2. The van der Waals surface area contributed by atoms with Crippen molar-refractivity contribution < 1.29 is 19.4 Å². The molecule has 3 atom stereocenters. The minimum Gasteiger partial charge on any atom is -0.504 e. The molecule has 0 saturated carbocycles. The summed E-state index contributed by atoms with van der Waals surface area (Å²) in [6.45, 7) is 5.73. The number of rotatable bonds is 4. The van der Waals surface area contributed by atoms with E-state index in [2.05, 4.69) is 6.58 Å². The van der Waals surface area contributed by atoms with Crippen LogP contribution in [-0.4, -0.2) is 24.0 Å². The van der Waals surface area contributed by atoms with E-state index in [0.717, 1.165) is 5.57 Å². The second-order valence-electron chi connectivity index (χ2n) is 7.62. The number of ether oxygens (including phenoxy) is 1. The molecule has 1 fully saturated rings. The number of hydrogen-bond donors (Lipinski definition) is 1. The van der Waals surface area contributed by atoms with E-state index in [9.17, 15) is 14.7 Å². The second-order valence-corrected chi connectivity index (χ2v) is 7.62. The standard InChI is InChI=1S/C24H23NO4/c1-4-15-13-14-18-22(27)25(16-9-6-5-7-10-16)23(28)24(18,2)20(15)17-11-8-12-19(29-3)21(17)26/h4-13,18,20,26H,1,14H2,2-3H3. The van der Waals surface area contributed by atoms with Gasteiger partial charge in [-0.2, -0.15) is 0 Å². The lowest BCUT2D eigenvalue weighted by Gasteiger charge is -2.40. The zero-order valence-corrected chi connectivity index (χ0v) is 16.5. The van der Waals surface area contributed by atoms with Gasteiger partial charge in [-0.15, -0.1) is 0 Å². The Morgan fingerprint density at radius 2 is 1.90 bits per heavy atom. The fraction of sp³-hybridized carbons (Fsp3) is 0.250. The number of anilines is 1. The van der Waals surface area contributed by atoms with E-state index in [4.69, 9.17) is 4.74 Å². The van der Waals surface area contributed by atoms with Gasteiger partial charge in [0.25, 0.3) is 0 Å². The van der Waals surface area contributed by atoms with Crippen molar-refractivity contribution in [2.75, 3.05) is 12.0 Å². The first-order valence-electron chi connectivity index (χ1n) is 9.57. The molecule has 1 saturated heterocycles. The lowest BCUT2D eigenvalue weighted by atomic mass is 9.60. The number of fused-ring (bicyclic) bond motifs is 1. The van der Waals surface area contributed by atoms with Gasteiger partial charge in [-0.3, -0.25) is 9.59 Å². The highest BCUT2D eigenvalue weighted by molar-refractivity contribution is 6.24. The molecule has 1 aliphatic heterocycles. The van der Waals surface area contributed by atoms with Crippen LogP contribution in [0, 0.1) is 11.3 Å². The van der Waals surface area contributed by atoms with Crippen LogP contribution in [0.2, 0.25) is 0 Å². The third kappa shape index (κ3) is 2.61. The number of phenolic OH excluding ortho intramolecular Hbond substituents is 1. The molecule has 0 spiro atoms. The highest BCUT2D eigenvalue weighted by Gasteiger charge is 2.62. The molecular weight excluding hydrogens is 366 g/mol. The summed E-state index contributed by atoms with van der Waals surface area (Å²) in [4.78, 5) is 28.3. The number of amides is 2. The molecule has 0 bridgehead atoms. The summed E-state index contributed by atoms with van der Waals surface area (Å²) < 4.78 is 5.27. The van der Waals surface area contributed by atoms with Gasteiger partial charge in [-0.05, 0) is 37.1 Å². The zero-order valence-electron chi connectivity index (χ0n) is 16.5. The van der Waals surface area contributed by atoms with Crippen molar-refractivity contribution in [1.82, 2.24) is 0 Å². The molecular formula is C24H23NO4. The number of carbonyl (C=O) groups excluding carboxylic acids is 2. The highest BCUT2D eigenvalue weighted by atomic mass is 16.5. The Morgan fingerprint density at radius 3 is 2.55 bits per heavy atom. The van der Waals surface area contributed by atoms with Crippen molar-refractivity contribution in [1.29, 1.82) is 0 Å². The van der Waals surface area contributed by atoms with Gasteiger partial charge in [-0.25, -0.2) is 4.90 Å². The highest BCUT2D eigenvalue weighted by Crippen LogP contribution is 2.58. The van der Waals surface area contributed by atoms with Crippen LogP contribution in [0.3, 0.4) is 0 Å². The number of para-hydroxylation sites is 2. The number of methoxy groups -OCH3 is 1. The zero-order chi connectivity index (χ0) is 20.8. The van der Waals surface area contributed by atoms with Crippen LogP contribution in [0.5, 0.6) is 11.5 Å². The van der Waals surface area contributed by atoms with E-state index in [1.165, 1.54) is 12.0 Å². The van der Waals surface area contributed by atoms with Gasteiger partial charge in [0.2, 0.25) is 11.8 Å². The number of benzene rings is 2. The van der Waals surface area contributed by atoms with Crippen LogP contribution in [0.15, 0.2) is 72.8 Å². The Kier molecular flexibility index (Phi) is 4.53. The minimum absolute atomic E-state index is 0.0203. The summed E-state index contributed by atoms with van der Waals surface area (Å²) in [5.74, 6) is -1.20. The van der Waals surface area contributed by atoms with Crippen LogP contribution in [0.25, 0.3) is 0 Å². The molecule has 2 aliphatic rings. The van der Waals surface area contributed by atoms with Crippen molar-refractivity contribution in [2.24, 2.45) is 11.3 Å². The normalized spacial score (nSPS) is 26.1. The first kappa shape index (κ1) is 19.0. The molecule has 5 nitrogen and oxygen atoms in total. The second kappa shape index (κ2) is 6.92. The molecule has 148 valence electrons. The lowest BCUT2D eigenvalue weighted by molar-refractivity contribution is -0.127. The van der Waals surface area contributed by atoms with Crippen molar-refractivity contribution in [3.8, 4) is 11.5 Å². The number of hydrogen-bond acceptors (Lipinski definition) is 4. The molecule has 1 N–H and O–H groups in total. The summed E-state index contributed by atoms with van der Waals surface area (Å²) >= 11 is 0. The van der Waals surface area contributed by atoms with Crippen LogP contribution in [0.4, 0.5) is 5.69 Å². The van der Waals surface area contributed by atoms with Crippen molar-refractivity contribution in [3.63, 3.8) is 0 Å². The lowest BCUT2D eigenvalue weighted by Crippen LogP contribution is -2.41. The van der Waals surface area contributed by atoms with E-state index < -0.39 is 17.3 Å². The van der Waals surface area contributed by atoms with Crippen molar-refractivity contribution in [3.05, 3.63) is 78.4 Å². The molecule has 0 radical (unpaired) electrons. The Morgan fingerprint density at radius 1 is 1.17 bits per heavy atom. The van der Waals surface area contributed by atoms with Gasteiger partial charge in [0.05, 0.1) is 24.1 Å². The van der Waals surface area contributed by atoms with Gasteiger partial charge in [0, 0.05) is 11.5 Å². The molecule has 2 amide bonds. The Hall–Kier alpha value is -3.34. The van der Waals surface area contributed by atoms with E-state index in [-0.39, 0.29) is 17.6 Å². The molecule has 3 unspecified atom stereocenters. The average molecular weight is 389 g/mol. The Bertz CT molecular complexity index is 1030. The molecule has 2 aromatic rings. The summed E-state index contributed by atoms with van der Waals surface area (Å²) in [5.41, 5.74) is 0.892. The molecule has 4 rings (SSSR count). The monoisotopic (exact) mass is 389 g/mol. The smallest absolute Gasteiger partial charge is 0.241 e. The number of nitrogens with zero attached hydrogens (tertiary/aromatic N) is 1. The third-order valence-corrected chi connectivity index (χ3v) is 6.24. The number of imide groups is 1. The number of aromatic hydroxyl groups is 1. The van der Waals surface area contributed by atoms with E-state index in [0.29, 0.717) is 23.4 Å². The Balaban J connectivity index is 1.91. The van der Waals surface area contributed by atoms with E-state index in [1.807, 2.05) is 19.1 Å². The van der Waals surface area contributed by atoms with Gasteiger partial charge >= 0.3 is 0 Å². The topological polar surface area (TPSA) is 66.8 Å². The molecule has 2 aromatic carbocycles. The molecule has 1 heterocycles. The largest absolute Gasteiger partial charge is 0.504 e. The van der Waals surface area contributed by atoms with Crippen molar-refractivity contribution in [2.45, 2.75) is 19.3 Å². The van der Waals surface area contributed by atoms with Crippen LogP contribution >= 0.6 is 0 Å². The maximum Gasteiger partial charge on any atom is 0.241 e. The molecule has 0 aromatic heterocycles. The predicted octanol–water partition coefficient (Wildman–Crippen LogP) is 4.20. The summed E-state index contributed by atoms with van der Waals surface area (Å²) in [7, 11) is 1.48. The fourth-order valence-corrected chi connectivity index (χ4v) is 4.75. The number of phenols is 1.